The third-order valence-electron chi connectivity index (χ3n) is 13.7. The molecule has 0 aliphatic heterocycles. The minimum Gasteiger partial charge on any atom is -0.334 e. The number of hydrogen-bond acceptors (Lipinski definition) is 3. The van der Waals surface area contributed by atoms with Gasteiger partial charge in [-0.3, -0.25) is 0 Å². The Balaban J connectivity index is 1.24. The van der Waals surface area contributed by atoms with Crippen LogP contribution in [0.2, 0.25) is 0 Å². The van der Waals surface area contributed by atoms with E-state index in [1.165, 1.54) is 5.56 Å². The summed E-state index contributed by atoms with van der Waals surface area (Å²) in [4.78, 5) is 2.41. The van der Waals surface area contributed by atoms with Crippen molar-refractivity contribution in [2.24, 2.45) is 0 Å². The summed E-state index contributed by atoms with van der Waals surface area (Å²) in [5, 5.41) is 27.9. The van der Waals surface area contributed by atoms with E-state index in [4.69, 9.17) is 6.58 Å². The molecule has 0 radical (unpaired) electrons. The van der Waals surface area contributed by atoms with Crippen LogP contribution in [0.3, 0.4) is 0 Å². The van der Waals surface area contributed by atoms with Gasteiger partial charge in [0.05, 0.1) is 39.8 Å². The largest absolute Gasteiger partial charge is 0.334 e. The molecule has 0 fully saturated rings. The van der Waals surface area contributed by atoms with E-state index in [-0.39, 0.29) is 6.04 Å². The quantitative estimate of drug-likeness (QED) is 0.136. The molecule has 0 saturated heterocycles. The minimum absolute atomic E-state index is 0.00873. The van der Waals surface area contributed by atoms with Crippen molar-refractivity contribution < 1.29 is 0 Å². The summed E-state index contributed by atoms with van der Waals surface area (Å²) >= 11 is 0. The van der Waals surface area contributed by atoms with E-state index in [0.29, 0.717) is 35.3 Å². The van der Waals surface area contributed by atoms with Crippen molar-refractivity contribution in [1.29, 1.82) is 10.5 Å². The maximum Gasteiger partial charge on any atom is 0.101 e. The molecule has 3 aromatic heterocycles. The molecule has 3 heterocycles. The molecular weight excluding hydrogens is 829 g/mol. The number of aromatic nitrogens is 3. The van der Waals surface area contributed by atoms with Crippen LogP contribution in [-0.2, 0) is 12.8 Å². The summed E-state index contributed by atoms with van der Waals surface area (Å²) in [5.74, 6) is 0. The molecule has 0 N–H and O–H groups in total. The van der Waals surface area contributed by atoms with Crippen molar-refractivity contribution in [2.75, 3.05) is 4.90 Å². The van der Waals surface area contributed by atoms with Gasteiger partial charge in [0.25, 0.3) is 0 Å². The van der Waals surface area contributed by atoms with Gasteiger partial charge in [-0.1, -0.05) is 122 Å². The third kappa shape index (κ3) is 7.19. The summed E-state index contributed by atoms with van der Waals surface area (Å²) in [6.07, 6.45) is 27.0. The molecule has 0 spiro atoms. The molecule has 1 atom stereocenters. The number of fused-ring (bicyclic) bond motifs is 6. The lowest BCUT2D eigenvalue weighted by atomic mass is 9.94. The Morgan fingerprint density at radius 2 is 1.44 bits per heavy atom. The van der Waals surface area contributed by atoms with E-state index in [0.717, 1.165) is 88.8 Å². The molecule has 6 nitrogen and oxygen atoms in total. The lowest BCUT2D eigenvalue weighted by molar-refractivity contribution is 0.761. The maximum atomic E-state index is 11.3. The van der Waals surface area contributed by atoms with Gasteiger partial charge in [-0.25, -0.2) is 0 Å². The molecule has 6 heteroatoms. The molecule has 0 bridgehead atoms. The van der Waals surface area contributed by atoms with E-state index in [1.807, 2.05) is 32.1 Å². The zero-order valence-corrected chi connectivity index (χ0v) is 39.2. The van der Waals surface area contributed by atoms with E-state index < -0.39 is 0 Å². The summed E-state index contributed by atoms with van der Waals surface area (Å²) in [6, 6.07) is 43.0. The zero-order chi connectivity index (χ0) is 47.1. The topological polar surface area (TPSA) is 65.6 Å². The summed E-state index contributed by atoms with van der Waals surface area (Å²) < 4.78 is 6.65. The van der Waals surface area contributed by atoms with Gasteiger partial charge < -0.3 is 18.6 Å². The molecule has 0 saturated carbocycles. The Morgan fingerprint density at radius 3 is 2.12 bits per heavy atom. The smallest absolute Gasteiger partial charge is 0.101 e. The van der Waals surface area contributed by atoms with Gasteiger partial charge in [0.1, 0.15) is 12.1 Å². The first kappa shape index (κ1) is 43.3. The number of para-hydroxylation sites is 2. The van der Waals surface area contributed by atoms with Crippen molar-refractivity contribution in [1.82, 2.24) is 13.7 Å². The predicted octanol–water partition coefficient (Wildman–Crippen LogP) is 13.3. The van der Waals surface area contributed by atoms with Crippen molar-refractivity contribution >= 4 is 69.6 Å². The van der Waals surface area contributed by atoms with Gasteiger partial charge in [0, 0.05) is 62.1 Å². The molecule has 5 aromatic carbocycles. The summed E-state index contributed by atoms with van der Waals surface area (Å²) in [6.45, 7) is 15.2. The fourth-order valence-electron chi connectivity index (χ4n) is 10.5. The van der Waals surface area contributed by atoms with E-state index in [2.05, 4.69) is 215 Å². The van der Waals surface area contributed by atoms with Crippen molar-refractivity contribution in [3.8, 4) is 23.5 Å². The first-order chi connectivity index (χ1) is 33.3. The predicted molar refractivity (Wildman–Crippen MR) is 285 cm³/mol. The summed E-state index contributed by atoms with van der Waals surface area (Å²) in [5.41, 5.74) is 15.1. The Labute approximate surface area is 398 Å². The monoisotopic (exact) mass is 880 g/mol. The fraction of sp³-hybridized carbons (Fsp3) is 0.129. The van der Waals surface area contributed by atoms with Crippen molar-refractivity contribution in [3.63, 3.8) is 0 Å². The van der Waals surface area contributed by atoms with E-state index in [1.54, 1.807) is 0 Å². The van der Waals surface area contributed by atoms with Crippen LogP contribution in [0.5, 0.6) is 0 Å². The SMILES string of the molecule is C=c1/c(=C\c2c(C)c3c(n2-c2cc(C#N)c(-n4c5c(c6c7ccccc7ccc64)C=CC=CC5)cc2C#N)C=CC(N(c2ccccc2)c2ccccc2)C3)c(C)c(/C=C\C)n1/C(C)=C/C=C\C. The second-order valence-electron chi connectivity index (χ2n) is 17.5. The maximum absolute atomic E-state index is 11.3. The fourth-order valence-corrected chi connectivity index (χ4v) is 10.5. The minimum atomic E-state index is -0.00873. The number of anilines is 2. The highest BCUT2D eigenvalue weighted by molar-refractivity contribution is 6.12. The standard InChI is InChI=1S/C62H52N6/c1-7-9-22-41(3)65-44(6)53(42(4)55(65)21-8-2)38-59-43(5)54-37-50(66(48-24-13-10-14-25-48)49-26-15-11-16-27-49)32-34-57(54)68(59)61-36-46(39-63)60(35-47(61)40-64)67-56-30-18-12-17-29-52(56)62-51-28-20-19-23-45(51)31-33-58(62)67/h7-29,31-36,38,50H,6,30,37H2,1-5H3/b9-7-,21-8-,41-22+,53-38-. The van der Waals surface area contributed by atoms with Crippen molar-refractivity contribution in [2.45, 2.75) is 53.5 Å². The number of benzene rings is 5. The Bertz CT molecular complexity index is 3670. The molecule has 0 amide bonds. The van der Waals surface area contributed by atoms with E-state index >= 15 is 0 Å². The highest BCUT2D eigenvalue weighted by Crippen LogP contribution is 2.41. The number of nitrogens with zero attached hydrogens (tertiary/aromatic N) is 6. The average Bonchev–Trinajstić information content (AvgIpc) is 3.82. The van der Waals surface area contributed by atoms with Gasteiger partial charge in [0.2, 0.25) is 0 Å². The lowest BCUT2D eigenvalue weighted by Crippen LogP contribution is -2.33. The van der Waals surface area contributed by atoms with Crippen LogP contribution < -0.4 is 15.5 Å². The van der Waals surface area contributed by atoms with Gasteiger partial charge in [-0.15, -0.1) is 0 Å². The molecule has 2 aliphatic rings. The van der Waals surface area contributed by atoms with Crippen LogP contribution >= 0.6 is 0 Å². The highest BCUT2D eigenvalue weighted by atomic mass is 15.2. The van der Waals surface area contributed by atoms with Crippen LogP contribution in [0.15, 0.2) is 158 Å². The van der Waals surface area contributed by atoms with Crippen LogP contribution in [-0.4, -0.2) is 19.7 Å². The van der Waals surface area contributed by atoms with Gasteiger partial charge in [-0.2, -0.15) is 10.5 Å². The van der Waals surface area contributed by atoms with Crippen LogP contribution in [0, 0.1) is 36.5 Å². The third-order valence-corrected chi connectivity index (χ3v) is 13.7. The van der Waals surface area contributed by atoms with E-state index in [9.17, 15) is 10.5 Å². The first-order valence-corrected chi connectivity index (χ1v) is 23.3. The molecule has 10 rings (SSSR count). The Kier molecular flexibility index (Phi) is 11.5. The molecule has 1 unspecified atom stereocenters. The zero-order valence-electron chi connectivity index (χ0n) is 39.2. The number of hydrogen-bond donors (Lipinski definition) is 0. The molecule has 330 valence electrons. The highest BCUT2D eigenvalue weighted by Gasteiger charge is 2.30. The number of nitriles is 2. The Morgan fingerprint density at radius 1 is 0.765 bits per heavy atom. The Hall–Kier alpha value is -8.58. The number of rotatable bonds is 9. The van der Waals surface area contributed by atoms with Crippen molar-refractivity contribution in [3.05, 3.63) is 225 Å². The second-order valence-corrected chi connectivity index (χ2v) is 17.5. The molecule has 8 aromatic rings. The normalized spacial score (nSPS) is 14.8. The van der Waals surface area contributed by atoms with Crippen LogP contribution in [0.1, 0.15) is 76.9 Å². The van der Waals surface area contributed by atoms with Gasteiger partial charge in [-0.05, 0) is 135 Å². The van der Waals surface area contributed by atoms with Crippen LogP contribution in [0.25, 0.3) is 69.6 Å². The lowest BCUT2D eigenvalue weighted by Gasteiger charge is -2.34. The first-order valence-electron chi connectivity index (χ1n) is 23.3. The molecule has 68 heavy (non-hydrogen) atoms. The van der Waals surface area contributed by atoms with Crippen LogP contribution in [0.4, 0.5) is 11.4 Å². The molecular formula is C62H52N6. The number of allylic oxidation sites excluding steroid dienone is 8. The average molecular weight is 881 g/mol. The second kappa shape index (κ2) is 18.0. The van der Waals surface area contributed by atoms with Gasteiger partial charge in [0.15, 0.2) is 0 Å². The van der Waals surface area contributed by atoms with Gasteiger partial charge >= 0.3 is 0 Å². The summed E-state index contributed by atoms with van der Waals surface area (Å²) in [7, 11) is 0. The molecule has 2 aliphatic carbocycles.